The molecule has 0 aromatic carbocycles. The molecule has 1 amide bonds. The molecule has 16 heavy (non-hydrogen) atoms. The van der Waals surface area contributed by atoms with Crippen molar-refractivity contribution in [1.29, 1.82) is 0 Å². The molecule has 0 saturated carbocycles. The Morgan fingerprint density at radius 1 is 1.62 bits per heavy atom. The van der Waals surface area contributed by atoms with Gasteiger partial charge in [-0.05, 0) is 19.9 Å². The Morgan fingerprint density at radius 2 is 2.38 bits per heavy atom. The highest BCUT2D eigenvalue weighted by atomic mass is 16.2. The Kier molecular flexibility index (Phi) is 4.72. The summed E-state index contributed by atoms with van der Waals surface area (Å²) in [4.78, 5) is 11.8. The third-order valence-electron chi connectivity index (χ3n) is 2.12. The number of rotatable bonds is 5. The molecule has 0 bridgehead atoms. The van der Waals surface area contributed by atoms with Gasteiger partial charge < -0.3 is 11.1 Å². The lowest BCUT2D eigenvalue weighted by atomic mass is 10.3. The Morgan fingerprint density at radius 3 is 3.00 bits per heavy atom. The molecule has 0 atom stereocenters. The van der Waals surface area contributed by atoms with Gasteiger partial charge in [-0.3, -0.25) is 9.48 Å². The second-order valence-electron chi connectivity index (χ2n) is 3.40. The van der Waals surface area contributed by atoms with E-state index in [9.17, 15) is 4.79 Å². The molecule has 3 N–H and O–H groups in total. The molecule has 0 spiro atoms. The van der Waals surface area contributed by atoms with Gasteiger partial charge in [0.1, 0.15) is 5.69 Å². The van der Waals surface area contributed by atoms with E-state index in [1.165, 1.54) is 0 Å². The van der Waals surface area contributed by atoms with Crippen LogP contribution in [0.4, 0.5) is 0 Å². The van der Waals surface area contributed by atoms with E-state index >= 15 is 0 Å². The molecule has 1 aromatic rings. The Bertz CT molecular complexity index is 381. The average molecular weight is 222 g/mol. The summed E-state index contributed by atoms with van der Waals surface area (Å²) in [5.41, 5.74) is 6.74. The number of aromatic nitrogens is 2. The van der Waals surface area contributed by atoms with Gasteiger partial charge in [-0.25, -0.2) is 0 Å². The Balaban J connectivity index is 2.61. The predicted octanol–water partition coefficient (Wildman–Crippen LogP) is 0.456. The summed E-state index contributed by atoms with van der Waals surface area (Å²) in [6.45, 7) is 5.50. The predicted molar refractivity (Wildman–Crippen MR) is 63.2 cm³/mol. The van der Waals surface area contributed by atoms with Gasteiger partial charge in [-0.2, -0.15) is 5.10 Å². The maximum absolute atomic E-state index is 11.8. The van der Waals surface area contributed by atoms with Crippen LogP contribution in [0.1, 0.15) is 23.1 Å². The normalized spacial score (nSPS) is 10.9. The smallest absolute Gasteiger partial charge is 0.269 e. The fraction of sp³-hybridized carbons (Fsp3) is 0.455. The zero-order valence-corrected chi connectivity index (χ0v) is 9.73. The molecule has 88 valence electrons. The average Bonchev–Trinajstić information content (AvgIpc) is 2.65. The lowest BCUT2D eigenvalue weighted by Crippen LogP contribution is -2.26. The fourth-order valence-corrected chi connectivity index (χ4v) is 1.39. The van der Waals surface area contributed by atoms with Crippen molar-refractivity contribution in [3.63, 3.8) is 0 Å². The summed E-state index contributed by atoms with van der Waals surface area (Å²) in [5.74, 6) is -0.107. The van der Waals surface area contributed by atoms with Crippen molar-refractivity contribution in [2.75, 3.05) is 13.1 Å². The second kappa shape index (κ2) is 6.07. The first-order valence-electron chi connectivity index (χ1n) is 5.36. The van der Waals surface area contributed by atoms with Crippen molar-refractivity contribution in [3.05, 3.63) is 29.6 Å². The highest BCUT2D eigenvalue weighted by Gasteiger charge is 2.11. The molecule has 5 nitrogen and oxygen atoms in total. The molecule has 0 radical (unpaired) electrons. The first kappa shape index (κ1) is 12.4. The number of hydrogen-bond donors (Lipinski definition) is 2. The van der Waals surface area contributed by atoms with Crippen LogP contribution in [0.5, 0.6) is 0 Å². The standard InChI is InChI=1S/C11H18N4O/c1-3-15-10(8-9(2)14-15)11(16)13-7-5-4-6-12/h4-5,8H,3,6-7,12H2,1-2H3,(H,13,16)/b5-4+. The highest BCUT2D eigenvalue weighted by Crippen LogP contribution is 2.03. The van der Waals surface area contributed by atoms with E-state index in [-0.39, 0.29) is 5.91 Å². The maximum atomic E-state index is 11.8. The molecule has 0 saturated heterocycles. The SMILES string of the molecule is CCn1nc(C)cc1C(=O)NC/C=C/CN. The number of carbonyl (C=O) groups is 1. The molecule has 0 aliphatic rings. The number of nitrogens with one attached hydrogen (secondary N) is 1. The van der Waals surface area contributed by atoms with E-state index < -0.39 is 0 Å². The molecule has 0 fully saturated rings. The van der Waals surface area contributed by atoms with Gasteiger partial charge in [-0.15, -0.1) is 0 Å². The van der Waals surface area contributed by atoms with Crippen LogP contribution in [-0.2, 0) is 6.54 Å². The Labute approximate surface area is 95.3 Å². The number of aryl methyl sites for hydroxylation is 2. The molecular weight excluding hydrogens is 204 g/mol. The molecule has 1 aromatic heterocycles. The van der Waals surface area contributed by atoms with Gasteiger partial charge in [0.05, 0.1) is 5.69 Å². The zero-order chi connectivity index (χ0) is 12.0. The van der Waals surface area contributed by atoms with E-state index in [1.54, 1.807) is 10.7 Å². The van der Waals surface area contributed by atoms with Gasteiger partial charge >= 0.3 is 0 Å². The third-order valence-corrected chi connectivity index (χ3v) is 2.12. The summed E-state index contributed by atoms with van der Waals surface area (Å²) in [6, 6.07) is 1.78. The van der Waals surface area contributed by atoms with E-state index in [0.717, 1.165) is 5.69 Å². The highest BCUT2D eigenvalue weighted by molar-refractivity contribution is 5.92. The first-order chi connectivity index (χ1) is 7.69. The van der Waals surface area contributed by atoms with E-state index in [1.807, 2.05) is 26.0 Å². The van der Waals surface area contributed by atoms with Crippen LogP contribution in [-0.4, -0.2) is 28.8 Å². The van der Waals surface area contributed by atoms with Gasteiger partial charge in [0, 0.05) is 19.6 Å². The minimum absolute atomic E-state index is 0.107. The Hall–Kier alpha value is -1.62. The van der Waals surface area contributed by atoms with Crippen LogP contribution in [0.15, 0.2) is 18.2 Å². The largest absolute Gasteiger partial charge is 0.347 e. The van der Waals surface area contributed by atoms with Crippen molar-refractivity contribution in [3.8, 4) is 0 Å². The van der Waals surface area contributed by atoms with Crippen molar-refractivity contribution >= 4 is 5.91 Å². The van der Waals surface area contributed by atoms with Crippen molar-refractivity contribution in [2.24, 2.45) is 5.73 Å². The molecule has 5 heteroatoms. The van der Waals surface area contributed by atoms with Crippen LogP contribution < -0.4 is 11.1 Å². The number of nitrogens with zero attached hydrogens (tertiary/aromatic N) is 2. The van der Waals surface area contributed by atoms with E-state index in [0.29, 0.717) is 25.3 Å². The summed E-state index contributed by atoms with van der Waals surface area (Å²) in [5, 5.41) is 6.99. The minimum atomic E-state index is -0.107. The van der Waals surface area contributed by atoms with E-state index in [4.69, 9.17) is 5.73 Å². The maximum Gasteiger partial charge on any atom is 0.269 e. The summed E-state index contributed by atoms with van der Waals surface area (Å²) < 4.78 is 1.69. The molecule has 0 aliphatic heterocycles. The van der Waals surface area contributed by atoms with Gasteiger partial charge in [0.25, 0.3) is 5.91 Å². The number of hydrogen-bond acceptors (Lipinski definition) is 3. The topological polar surface area (TPSA) is 72.9 Å². The van der Waals surface area contributed by atoms with Crippen LogP contribution >= 0.6 is 0 Å². The van der Waals surface area contributed by atoms with Crippen LogP contribution in [0.3, 0.4) is 0 Å². The zero-order valence-electron chi connectivity index (χ0n) is 9.73. The number of carbonyl (C=O) groups excluding carboxylic acids is 1. The molecule has 1 rings (SSSR count). The summed E-state index contributed by atoms with van der Waals surface area (Å²) >= 11 is 0. The van der Waals surface area contributed by atoms with Crippen LogP contribution in [0, 0.1) is 6.92 Å². The first-order valence-corrected chi connectivity index (χ1v) is 5.36. The lowest BCUT2D eigenvalue weighted by Gasteiger charge is -2.04. The van der Waals surface area contributed by atoms with Crippen molar-refractivity contribution in [1.82, 2.24) is 15.1 Å². The van der Waals surface area contributed by atoms with Gasteiger partial charge in [-0.1, -0.05) is 12.2 Å². The fourth-order valence-electron chi connectivity index (χ4n) is 1.39. The monoisotopic (exact) mass is 222 g/mol. The van der Waals surface area contributed by atoms with E-state index in [2.05, 4.69) is 10.4 Å². The quantitative estimate of drug-likeness (QED) is 0.711. The van der Waals surface area contributed by atoms with Crippen molar-refractivity contribution < 1.29 is 4.79 Å². The number of amides is 1. The third kappa shape index (κ3) is 3.20. The molecule has 0 unspecified atom stereocenters. The molecular formula is C11H18N4O. The van der Waals surface area contributed by atoms with Crippen molar-refractivity contribution in [2.45, 2.75) is 20.4 Å². The minimum Gasteiger partial charge on any atom is -0.347 e. The van der Waals surface area contributed by atoms with Crippen LogP contribution in [0.25, 0.3) is 0 Å². The number of nitrogens with two attached hydrogens (primary N) is 1. The lowest BCUT2D eigenvalue weighted by molar-refractivity contribution is 0.0947. The van der Waals surface area contributed by atoms with Crippen LogP contribution in [0.2, 0.25) is 0 Å². The summed E-state index contributed by atoms with van der Waals surface area (Å²) in [6.07, 6.45) is 3.64. The van der Waals surface area contributed by atoms with Gasteiger partial charge in [0.15, 0.2) is 0 Å². The second-order valence-corrected chi connectivity index (χ2v) is 3.40. The molecule has 1 heterocycles. The summed E-state index contributed by atoms with van der Waals surface area (Å²) in [7, 11) is 0. The van der Waals surface area contributed by atoms with Gasteiger partial charge in [0.2, 0.25) is 0 Å². The molecule has 0 aliphatic carbocycles.